The summed E-state index contributed by atoms with van der Waals surface area (Å²) in [6, 6.07) is 0. The largest absolute Gasteiger partial charge is 0.478 e. The van der Waals surface area contributed by atoms with Crippen LogP contribution in [0.5, 0.6) is 0 Å². The van der Waals surface area contributed by atoms with Gasteiger partial charge in [0.1, 0.15) is 0 Å². The Morgan fingerprint density at radius 1 is 1.44 bits per heavy atom. The number of aliphatic carboxylic acids is 1. The molecule has 1 unspecified atom stereocenters. The summed E-state index contributed by atoms with van der Waals surface area (Å²) in [7, 11) is 3.08. The summed E-state index contributed by atoms with van der Waals surface area (Å²) in [5.41, 5.74) is -1.80. The number of hydrogen-bond donors (Lipinski definition) is 1. The summed E-state index contributed by atoms with van der Waals surface area (Å²) < 4.78 is 5.22. The second-order valence-corrected chi connectivity index (χ2v) is 4.81. The van der Waals surface area contributed by atoms with E-state index in [0.717, 1.165) is 12.8 Å². The van der Waals surface area contributed by atoms with E-state index in [1.807, 2.05) is 6.92 Å². The van der Waals surface area contributed by atoms with Crippen LogP contribution in [-0.4, -0.2) is 41.8 Å². The van der Waals surface area contributed by atoms with Gasteiger partial charge in [-0.05, 0) is 19.3 Å². The Morgan fingerprint density at radius 2 is 1.94 bits per heavy atom. The van der Waals surface area contributed by atoms with E-state index in [9.17, 15) is 14.7 Å². The number of carbonyl (C=O) groups is 2. The maximum Gasteiger partial charge on any atom is 0.410 e. The zero-order valence-corrected chi connectivity index (χ0v) is 10.2. The molecule has 0 aromatic rings. The van der Waals surface area contributed by atoms with Crippen molar-refractivity contribution < 1.29 is 19.4 Å². The lowest BCUT2D eigenvalue weighted by atomic mass is 9.83. The molecule has 1 aliphatic carbocycles. The van der Waals surface area contributed by atoms with Gasteiger partial charge in [0.15, 0.2) is 0 Å². The Kier molecular flexibility index (Phi) is 3.17. The minimum absolute atomic E-state index is 0.290. The second-order valence-electron chi connectivity index (χ2n) is 4.81. The molecule has 0 heterocycles. The Hall–Kier alpha value is -1.26. The number of carbonyl (C=O) groups excluding carboxylic acids is 1. The SMILES string of the molecule is CCC(OC(=O)N(C)C)(C(=O)O)C1(C)CC1. The molecule has 1 rings (SSSR count). The molecule has 1 saturated carbocycles. The van der Waals surface area contributed by atoms with Crippen molar-refractivity contribution in [3.05, 3.63) is 0 Å². The van der Waals surface area contributed by atoms with E-state index in [1.54, 1.807) is 21.0 Å². The predicted octanol–water partition coefficient (Wildman–Crippen LogP) is 1.72. The van der Waals surface area contributed by atoms with E-state index in [2.05, 4.69) is 0 Å². The lowest BCUT2D eigenvalue weighted by molar-refractivity contribution is -0.168. The van der Waals surface area contributed by atoms with Crippen LogP contribution in [0, 0.1) is 5.41 Å². The van der Waals surface area contributed by atoms with Gasteiger partial charge in [-0.25, -0.2) is 9.59 Å². The van der Waals surface area contributed by atoms with Gasteiger partial charge in [-0.15, -0.1) is 0 Å². The Balaban J connectivity index is 2.96. The minimum Gasteiger partial charge on any atom is -0.478 e. The Morgan fingerprint density at radius 3 is 2.19 bits per heavy atom. The molecule has 0 radical (unpaired) electrons. The van der Waals surface area contributed by atoms with E-state index in [0.29, 0.717) is 6.42 Å². The molecule has 1 aliphatic rings. The van der Waals surface area contributed by atoms with Crippen molar-refractivity contribution in [2.75, 3.05) is 14.1 Å². The molecule has 1 fully saturated rings. The van der Waals surface area contributed by atoms with Gasteiger partial charge >= 0.3 is 12.1 Å². The standard InChI is InChI=1S/C11H19NO4/c1-5-11(8(13)14,10(2)6-7-10)16-9(15)12(3)4/h5-7H2,1-4H3,(H,13,14). The first kappa shape index (κ1) is 12.8. The summed E-state index contributed by atoms with van der Waals surface area (Å²) in [5.74, 6) is -1.05. The van der Waals surface area contributed by atoms with E-state index in [-0.39, 0.29) is 0 Å². The van der Waals surface area contributed by atoms with Gasteiger partial charge in [0, 0.05) is 19.5 Å². The smallest absolute Gasteiger partial charge is 0.410 e. The fourth-order valence-electron chi connectivity index (χ4n) is 1.91. The molecule has 5 heteroatoms. The number of carboxylic acid groups (broad SMARTS) is 1. The molecule has 5 nitrogen and oxygen atoms in total. The molecule has 1 N–H and O–H groups in total. The van der Waals surface area contributed by atoms with Gasteiger partial charge in [-0.3, -0.25) is 0 Å². The summed E-state index contributed by atoms with van der Waals surface area (Å²) >= 11 is 0. The highest BCUT2D eigenvalue weighted by Gasteiger charge is 2.62. The van der Waals surface area contributed by atoms with Crippen molar-refractivity contribution in [3.8, 4) is 0 Å². The molecule has 0 bridgehead atoms. The molecule has 1 atom stereocenters. The third kappa shape index (κ3) is 1.86. The van der Waals surface area contributed by atoms with Crippen LogP contribution in [0.1, 0.15) is 33.1 Å². The van der Waals surface area contributed by atoms with Crippen LogP contribution >= 0.6 is 0 Å². The van der Waals surface area contributed by atoms with Crippen molar-refractivity contribution in [3.63, 3.8) is 0 Å². The highest BCUT2D eigenvalue weighted by atomic mass is 16.6. The van der Waals surface area contributed by atoms with Crippen molar-refractivity contribution in [1.82, 2.24) is 4.90 Å². The van der Waals surface area contributed by atoms with Crippen LogP contribution < -0.4 is 0 Å². The molecule has 0 spiro atoms. The topological polar surface area (TPSA) is 66.8 Å². The molecule has 16 heavy (non-hydrogen) atoms. The monoisotopic (exact) mass is 229 g/mol. The predicted molar refractivity (Wildman–Crippen MR) is 58.2 cm³/mol. The van der Waals surface area contributed by atoms with Crippen LogP contribution in [0.2, 0.25) is 0 Å². The Bertz CT molecular complexity index is 309. The zero-order chi connectivity index (χ0) is 12.6. The molecule has 0 aromatic heterocycles. The maximum atomic E-state index is 11.5. The highest BCUT2D eigenvalue weighted by molar-refractivity contribution is 5.83. The number of nitrogens with zero attached hydrogens (tertiary/aromatic N) is 1. The highest BCUT2D eigenvalue weighted by Crippen LogP contribution is 2.56. The summed E-state index contributed by atoms with van der Waals surface area (Å²) in [6.07, 6.45) is 1.26. The first-order chi connectivity index (χ1) is 7.29. The lowest BCUT2D eigenvalue weighted by Crippen LogP contribution is -2.51. The summed E-state index contributed by atoms with van der Waals surface area (Å²) in [6.45, 7) is 3.59. The maximum absolute atomic E-state index is 11.5. The van der Waals surface area contributed by atoms with Crippen molar-refractivity contribution >= 4 is 12.1 Å². The first-order valence-corrected chi connectivity index (χ1v) is 5.43. The van der Waals surface area contributed by atoms with Crippen LogP contribution in [0.15, 0.2) is 0 Å². The van der Waals surface area contributed by atoms with Gasteiger partial charge in [0.25, 0.3) is 0 Å². The van der Waals surface area contributed by atoms with Gasteiger partial charge in [0.2, 0.25) is 5.60 Å². The van der Waals surface area contributed by atoms with Crippen LogP contribution in [0.3, 0.4) is 0 Å². The molecule has 0 saturated heterocycles. The van der Waals surface area contributed by atoms with Crippen LogP contribution in [0.4, 0.5) is 4.79 Å². The minimum atomic E-state index is -1.38. The van der Waals surface area contributed by atoms with Gasteiger partial charge in [-0.2, -0.15) is 0 Å². The summed E-state index contributed by atoms with van der Waals surface area (Å²) in [5, 5.41) is 9.33. The van der Waals surface area contributed by atoms with Gasteiger partial charge in [-0.1, -0.05) is 13.8 Å². The van der Waals surface area contributed by atoms with Crippen LogP contribution in [0.25, 0.3) is 0 Å². The number of ether oxygens (including phenoxy) is 1. The van der Waals surface area contributed by atoms with Crippen molar-refractivity contribution in [2.24, 2.45) is 5.41 Å². The average Bonchev–Trinajstić information content (AvgIpc) is 2.93. The lowest BCUT2D eigenvalue weighted by Gasteiger charge is -2.34. The average molecular weight is 229 g/mol. The molecule has 0 aromatic carbocycles. The molecule has 0 aliphatic heterocycles. The van der Waals surface area contributed by atoms with Gasteiger partial charge < -0.3 is 14.7 Å². The molecular weight excluding hydrogens is 210 g/mol. The third-order valence-electron chi connectivity index (χ3n) is 3.45. The normalized spacial score (nSPS) is 20.8. The third-order valence-corrected chi connectivity index (χ3v) is 3.45. The zero-order valence-electron chi connectivity index (χ0n) is 10.2. The van der Waals surface area contributed by atoms with E-state index in [1.165, 1.54) is 4.90 Å². The molecule has 1 amide bonds. The van der Waals surface area contributed by atoms with Crippen LogP contribution in [-0.2, 0) is 9.53 Å². The summed E-state index contributed by atoms with van der Waals surface area (Å²) in [4.78, 5) is 24.2. The first-order valence-electron chi connectivity index (χ1n) is 5.43. The van der Waals surface area contributed by atoms with E-state index < -0.39 is 23.1 Å². The molecular formula is C11H19NO4. The number of hydrogen-bond acceptors (Lipinski definition) is 3. The number of carboxylic acids is 1. The van der Waals surface area contributed by atoms with Crippen molar-refractivity contribution in [2.45, 2.75) is 38.7 Å². The second kappa shape index (κ2) is 3.96. The van der Waals surface area contributed by atoms with E-state index >= 15 is 0 Å². The number of rotatable bonds is 4. The fraction of sp³-hybridized carbons (Fsp3) is 0.818. The number of amides is 1. The quantitative estimate of drug-likeness (QED) is 0.797. The fourth-order valence-corrected chi connectivity index (χ4v) is 1.91. The van der Waals surface area contributed by atoms with Crippen molar-refractivity contribution in [1.29, 1.82) is 0 Å². The van der Waals surface area contributed by atoms with Gasteiger partial charge in [0.05, 0.1) is 0 Å². The molecule has 92 valence electrons. The van der Waals surface area contributed by atoms with E-state index in [4.69, 9.17) is 4.74 Å². The Labute approximate surface area is 95.4 Å².